The van der Waals surface area contributed by atoms with Gasteiger partial charge < -0.3 is 24.8 Å². The molecule has 7 heteroatoms. The summed E-state index contributed by atoms with van der Waals surface area (Å²) in [5.74, 6) is -0.970. The molecule has 4 aliphatic carbocycles. The number of methoxy groups -OCH3 is 1. The second-order valence-electron chi connectivity index (χ2n) is 10.9. The van der Waals surface area contributed by atoms with E-state index >= 15 is 0 Å². The van der Waals surface area contributed by atoms with Crippen LogP contribution in [0.25, 0.3) is 0 Å². The van der Waals surface area contributed by atoms with Crippen molar-refractivity contribution in [2.75, 3.05) is 13.7 Å². The Bertz CT molecular complexity index is 838. The maximum atomic E-state index is 13.3. The lowest BCUT2D eigenvalue weighted by Gasteiger charge is -2.65. The number of carbonyl (C=O) groups is 2. The minimum Gasteiger partial charge on any atom is -0.468 e. The summed E-state index contributed by atoms with van der Waals surface area (Å²) in [7, 11) is 1.36. The van der Waals surface area contributed by atoms with Crippen LogP contribution in [0, 0.1) is 28.6 Å². The first-order chi connectivity index (χ1) is 14.6. The highest BCUT2D eigenvalue weighted by Gasteiger charge is 2.73. The molecular formula is C24H34O7. The van der Waals surface area contributed by atoms with Crippen LogP contribution in [0.2, 0.25) is 0 Å². The van der Waals surface area contributed by atoms with Crippen molar-refractivity contribution in [2.24, 2.45) is 28.6 Å². The summed E-state index contributed by atoms with van der Waals surface area (Å²) in [6.07, 6.45) is 5.75. The summed E-state index contributed by atoms with van der Waals surface area (Å²) in [6, 6.07) is 0. The van der Waals surface area contributed by atoms with Crippen LogP contribution in [0.1, 0.15) is 64.7 Å². The van der Waals surface area contributed by atoms with Gasteiger partial charge in [0.1, 0.15) is 6.61 Å². The number of rotatable bonds is 2. The summed E-state index contributed by atoms with van der Waals surface area (Å²) in [6.45, 7) is 2.42. The largest absolute Gasteiger partial charge is 0.468 e. The monoisotopic (exact) mass is 434 g/mol. The maximum absolute atomic E-state index is 13.3. The minimum absolute atomic E-state index is 0.0768. The number of carbonyl (C=O) groups excluding carboxylic acids is 2. The molecule has 3 N–H and O–H groups in total. The first-order valence-corrected chi connectivity index (χ1v) is 11.7. The Hall–Kier alpha value is -1.44. The Morgan fingerprint density at radius 3 is 2.52 bits per heavy atom. The van der Waals surface area contributed by atoms with Crippen molar-refractivity contribution in [1.29, 1.82) is 0 Å². The molecule has 0 amide bonds. The number of cyclic esters (lactones) is 1. The smallest absolute Gasteiger partial charge is 0.331 e. The van der Waals surface area contributed by atoms with E-state index in [1.165, 1.54) is 7.11 Å². The number of hydrogen-bond donors (Lipinski definition) is 3. The number of aliphatic hydroxyl groups excluding tert-OH is 1. The lowest BCUT2D eigenvalue weighted by atomic mass is 9.41. The molecule has 0 spiro atoms. The van der Waals surface area contributed by atoms with Gasteiger partial charge in [-0.1, -0.05) is 6.92 Å². The molecule has 31 heavy (non-hydrogen) atoms. The van der Waals surface area contributed by atoms with E-state index in [4.69, 9.17) is 9.47 Å². The zero-order valence-corrected chi connectivity index (χ0v) is 18.4. The molecule has 0 saturated heterocycles. The third-order valence-electron chi connectivity index (χ3n) is 10.1. The van der Waals surface area contributed by atoms with Gasteiger partial charge in [0.05, 0.1) is 29.8 Å². The molecule has 2 unspecified atom stereocenters. The molecule has 4 fully saturated rings. The molecule has 0 aromatic rings. The van der Waals surface area contributed by atoms with Crippen molar-refractivity contribution in [3.05, 3.63) is 11.6 Å². The molecule has 1 aliphatic heterocycles. The minimum atomic E-state index is -1.31. The van der Waals surface area contributed by atoms with E-state index in [2.05, 4.69) is 6.92 Å². The Kier molecular flexibility index (Phi) is 4.68. The van der Waals surface area contributed by atoms with E-state index in [1.807, 2.05) is 0 Å². The highest BCUT2D eigenvalue weighted by Crippen LogP contribution is 2.70. The van der Waals surface area contributed by atoms with Crippen LogP contribution in [0.5, 0.6) is 0 Å². The summed E-state index contributed by atoms with van der Waals surface area (Å²) >= 11 is 0. The first kappa shape index (κ1) is 21.4. The molecule has 0 aromatic heterocycles. The average molecular weight is 435 g/mol. The fourth-order valence-electron chi connectivity index (χ4n) is 8.65. The van der Waals surface area contributed by atoms with E-state index < -0.39 is 34.1 Å². The zero-order valence-electron chi connectivity index (χ0n) is 18.4. The molecule has 0 radical (unpaired) electrons. The van der Waals surface area contributed by atoms with Crippen LogP contribution in [0.3, 0.4) is 0 Å². The van der Waals surface area contributed by atoms with E-state index in [0.717, 1.165) is 12.0 Å². The summed E-state index contributed by atoms with van der Waals surface area (Å²) in [5, 5.41) is 34.2. The highest BCUT2D eigenvalue weighted by atomic mass is 16.5. The van der Waals surface area contributed by atoms with Crippen LogP contribution in [-0.2, 0) is 19.1 Å². The van der Waals surface area contributed by atoms with Gasteiger partial charge in [-0.25, -0.2) is 4.79 Å². The number of ether oxygens (including phenoxy) is 2. The van der Waals surface area contributed by atoms with E-state index in [0.29, 0.717) is 51.6 Å². The van der Waals surface area contributed by atoms with Crippen molar-refractivity contribution >= 4 is 11.9 Å². The number of hydrogen-bond acceptors (Lipinski definition) is 7. The number of esters is 2. The van der Waals surface area contributed by atoms with Gasteiger partial charge >= 0.3 is 11.9 Å². The van der Waals surface area contributed by atoms with Crippen molar-refractivity contribution in [1.82, 2.24) is 0 Å². The molecule has 0 bridgehead atoms. The van der Waals surface area contributed by atoms with Crippen LogP contribution in [0.4, 0.5) is 0 Å². The van der Waals surface area contributed by atoms with Crippen LogP contribution in [0.15, 0.2) is 11.6 Å². The Morgan fingerprint density at radius 2 is 1.84 bits per heavy atom. The summed E-state index contributed by atoms with van der Waals surface area (Å²) in [4.78, 5) is 25.0. The van der Waals surface area contributed by atoms with Crippen molar-refractivity contribution < 1.29 is 34.4 Å². The Balaban J connectivity index is 1.55. The molecule has 0 aromatic carbocycles. The van der Waals surface area contributed by atoms with Gasteiger partial charge in [-0.2, -0.15) is 0 Å². The number of aliphatic hydroxyl groups is 3. The third-order valence-corrected chi connectivity index (χ3v) is 10.1. The molecular weight excluding hydrogens is 400 g/mol. The summed E-state index contributed by atoms with van der Waals surface area (Å²) < 4.78 is 10.4. The van der Waals surface area contributed by atoms with E-state index in [9.17, 15) is 24.9 Å². The Labute approximate surface area is 182 Å². The molecule has 8 atom stereocenters. The standard InChI is InChI=1S/C24H34O7/c1-21-7-4-17-18(24(21,29)10-6-16(21)14-11-19(26)31-13-14)5-8-22(28)12-15(25)3-9-23(17,22)20(27)30-2/h11,15-18,25,28-29H,3-10,12-13H2,1-2H3/t15-,16+,17?,18?,21+,22-,23+,24-/m0/s1. The molecule has 5 rings (SSSR count). The zero-order chi connectivity index (χ0) is 22.2. The predicted octanol–water partition coefficient (Wildman–Crippen LogP) is 1.87. The SMILES string of the molecule is COC(=O)[C@]12CC[C@H](O)C[C@@]1(O)CCC1C2CC[C@]2(C)[C@@H](C3=CC(=O)OC3)CC[C@]12O. The van der Waals surface area contributed by atoms with Gasteiger partial charge in [-0.15, -0.1) is 0 Å². The van der Waals surface area contributed by atoms with Crippen LogP contribution in [-0.4, -0.2) is 58.3 Å². The second-order valence-corrected chi connectivity index (χ2v) is 10.9. The van der Waals surface area contributed by atoms with Gasteiger partial charge in [-0.05, 0) is 74.7 Å². The quantitative estimate of drug-likeness (QED) is 0.569. The highest BCUT2D eigenvalue weighted by molar-refractivity contribution is 5.85. The van der Waals surface area contributed by atoms with Gasteiger partial charge in [0, 0.05) is 17.9 Å². The van der Waals surface area contributed by atoms with Gasteiger partial charge in [-0.3, -0.25) is 4.79 Å². The fraction of sp³-hybridized carbons (Fsp3) is 0.833. The van der Waals surface area contributed by atoms with Gasteiger partial charge in [0.2, 0.25) is 0 Å². The maximum Gasteiger partial charge on any atom is 0.331 e. The van der Waals surface area contributed by atoms with Crippen LogP contribution >= 0.6 is 0 Å². The van der Waals surface area contributed by atoms with E-state index in [1.54, 1.807) is 6.08 Å². The molecule has 7 nitrogen and oxygen atoms in total. The van der Waals surface area contributed by atoms with Crippen molar-refractivity contribution in [3.63, 3.8) is 0 Å². The topological polar surface area (TPSA) is 113 Å². The van der Waals surface area contributed by atoms with Crippen LogP contribution < -0.4 is 0 Å². The third kappa shape index (κ3) is 2.57. The number of fused-ring (bicyclic) bond motifs is 5. The lowest BCUT2D eigenvalue weighted by Crippen LogP contribution is -2.70. The van der Waals surface area contributed by atoms with Gasteiger partial charge in [0.25, 0.3) is 0 Å². The Morgan fingerprint density at radius 1 is 1.10 bits per heavy atom. The lowest BCUT2D eigenvalue weighted by molar-refractivity contribution is -0.261. The predicted molar refractivity (Wildman–Crippen MR) is 110 cm³/mol. The first-order valence-electron chi connectivity index (χ1n) is 11.7. The average Bonchev–Trinajstić information content (AvgIpc) is 3.26. The normalized spacial score (nSPS) is 51.3. The van der Waals surface area contributed by atoms with E-state index in [-0.39, 0.29) is 30.1 Å². The molecule has 4 saturated carbocycles. The second kappa shape index (κ2) is 6.78. The summed E-state index contributed by atoms with van der Waals surface area (Å²) in [5.41, 5.74) is -2.82. The van der Waals surface area contributed by atoms with Crippen molar-refractivity contribution in [3.8, 4) is 0 Å². The van der Waals surface area contributed by atoms with Crippen molar-refractivity contribution in [2.45, 2.75) is 82.0 Å². The molecule has 1 heterocycles. The molecule has 172 valence electrons. The van der Waals surface area contributed by atoms with Gasteiger partial charge in [0.15, 0.2) is 0 Å². The molecule has 5 aliphatic rings. The fourth-order valence-corrected chi connectivity index (χ4v) is 8.65.